The van der Waals surface area contributed by atoms with Crippen molar-refractivity contribution in [1.82, 2.24) is 20.0 Å². The maximum absolute atomic E-state index is 13.6. The Bertz CT molecular complexity index is 1020. The van der Waals surface area contributed by atoms with Gasteiger partial charge in [-0.05, 0) is 31.2 Å². The van der Waals surface area contributed by atoms with E-state index in [1.54, 1.807) is 23.7 Å². The summed E-state index contributed by atoms with van der Waals surface area (Å²) in [5.41, 5.74) is 18.8. The molecule has 3 rings (SSSR count). The molecule has 1 aliphatic heterocycles. The van der Waals surface area contributed by atoms with Crippen LogP contribution in [0.3, 0.4) is 0 Å². The number of urea groups is 1. The predicted octanol–water partition coefficient (Wildman–Crippen LogP) is 0.976. The molecule has 0 bridgehead atoms. The summed E-state index contributed by atoms with van der Waals surface area (Å²) < 4.78 is 15.2. The van der Waals surface area contributed by atoms with Gasteiger partial charge in [0, 0.05) is 17.8 Å². The van der Waals surface area contributed by atoms with Gasteiger partial charge in [-0.3, -0.25) is 14.8 Å². The van der Waals surface area contributed by atoms with E-state index in [1.165, 1.54) is 29.2 Å². The Morgan fingerprint density at radius 1 is 1.21 bits per heavy atom. The molecule has 0 saturated carbocycles. The minimum atomic E-state index is -0.698. The van der Waals surface area contributed by atoms with Gasteiger partial charge >= 0.3 is 6.03 Å². The molecule has 0 radical (unpaired) electrons. The first kappa shape index (κ1) is 19.9. The van der Waals surface area contributed by atoms with Crippen LogP contribution in [0.4, 0.5) is 9.18 Å². The number of fused-ring (bicyclic) bond motifs is 1. The minimum absolute atomic E-state index is 0.103. The van der Waals surface area contributed by atoms with E-state index < -0.39 is 17.8 Å². The Balaban J connectivity index is 1.88. The molecule has 1 aliphatic rings. The molecule has 0 fully saturated rings. The minimum Gasteiger partial charge on any atom is -0.402 e. The van der Waals surface area contributed by atoms with Crippen LogP contribution in [0.15, 0.2) is 47.9 Å². The van der Waals surface area contributed by atoms with E-state index >= 15 is 0 Å². The van der Waals surface area contributed by atoms with Crippen LogP contribution in [-0.4, -0.2) is 33.2 Å². The van der Waals surface area contributed by atoms with E-state index in [4.69, 9.17) is 17.2 Å². The number of carbonyl (C=O) groups excluding carboxylic acids is 2. The number of allylic oxidation sites excluding steroid dienone is 3. The van der Waals surface area contributed by atoms with Crippen molar-refractivity contribution >= 4 is 11.9 Å². The van der Waals surface area contributed by atoms with Crippen molar-refractivity contribution in [3.05, 3.63) is 65.0 Å². The molecular formula is C19H22FN7O2. The van der Waals surface area contributed by atoms with Gasteiger partial charge in [0.25, 0.3) is 5.91 Å². The number of carbonyl (C=O) groups is 2. The second-order valence-electron chi connectivity index (χ2n) is 6.65. The first-order valence-corrected chi connectivity index (χ1v) is 8.87. The van der Waals surface area contributed by atoms with Gasteiger partial charge < -0.3 is 22.1 Å². The highest BCUT2D eigenvalue weighted by molar-refractivity contribution is 6.00. The molecule has 0 atom stereocenters. The lowest BCUT2D eigenvalue weighted by Gasteiger charge is -2.28. The fourth-order valence-electron chi connectivity index (χ4n) is 3.05. The number of primary amides is 1. The van der Waals surface area contributed by atoms with Crippen LogP contribution < -0.4 is 22.5 Å². The first-order chi connectivity index (χ1) is 13.8. The van der Waals surface area contributed by atoms with Crippen molar-refractivity contribution in [2.75, 3.05) is 6.54 Å². The summed E-state index contributed by atoms with van der Waals surface area (Å²) in [5, 5.41) is 6.98. The highest BCUT2D eigenvalue weighted by Crippen LogP contribution is 2.28. The third-order valence-electron chi connectivity index (χ3n) is 4.39. The van der Waals surface area contributed by atoms with Gasteiger partial charge in [-0.25, -0.2) is 9.18 Å². The number of nitrogens with zero attached hydrogens (tertiary/aromatic N) is 3. The molecule has 1 aromatic carbocycles. The molecule has 0 spiro atoms. The lowest BCUT2D eigenvalue weighted by atomic mass is 10.0. The highest BCUT2D eigenvalue weighted by Gasteiger charge is 2.29. The number of aromatic nitrogens is 2. The van der Waals surface area contributed by atoms with E-state index in [-0.39, 0.29) is 23.6 Å². The summed E-state index contributed by atoms with van der Waals surface area (Å²) in [4.78, 5) is 26.1. The Morgan fingerprint density at radius 2 is 1.97 bits per heavy atom. The molecule has 0 aliphatic carbocycles. The zero-order valence-electron chi connectivity index (χ0n) is 15.9. The van der Waals surface area contributed by atoms with Gasteiger partial charge in [0.2, 0.25) is 0 Å². The van der Waals surface area contributed by atoms with Crippen molar-refractivity contribution in [3.8, 4) is 11.3 Å². The van der Waals surface area contributed by atoms with Crippen LogP contribution in [0.2, 0.25) is 0 Å². The molecule has 9 nitrogen and oxygen atoms in total. The molecule has 10 heteroatoms. The van der Waals surface area contributed by atoms with Crippen molar-refractivity contribution < 1.29 is 14.0 Å². The van der Waals surface area contributed by atoms with Crippen LogP contribution in [0, 0.1) is 5.82 Å². The average Bonchev–Trinajstić information content (AvgIpc) is 3.05. The quantitative estimate of drug-likeness (QED) is 0.566. The second kappa shape index (κ2) is 8.05. The van der Waals surface area contributed by atoms with Gasteiger partial charge in [-0.1, -0.05) is 12.1 Å². The molecule has 2 aromatic rings. The van der Waals surface area contributed by atoms with E-state index in [9.17, 15) is 14.0 Å². The Kier molecular flexibility index (Phi) is 5.53. The smallest absolute Gasteiger partial charge is 0.323 e. The number of benzene rings is 1. The standard InChI is InChI=1S/C19H22FN7O2/c1-11(21)5-6-15(22)24-19(29)26-7-8-27-14(10-26)16(18(23)28)17(25-27)12-3-2-4-13(20)9-12/h2-6,9H,7-8,10,21-22H2,1H3,(H2,23,28)(H,24,29)/b11-5-,15-6+. The lowest BCUT2D eigenvalue weighted by molar-refractivity contribution is 0.0997. The summed E-state index contributed by atoms with van der Waals surface area (Å²) in [5.74, 6) is -1.01. The number of halogens is 1. The fraction of sp³-hybridized carbons (Fsp3) is 0.211. The summed E-state index contributed by atoms with van der Waals surface area (Å²) in [7, 11) is 0. The van der Waals surface area contributed by atoms with E-state index in [0.29, 0.717) is 30.0 Å². The van der Waals surface area contributed by atoms with Crippen LogP contribution >= 0.6 is 0 Å². The van der Waals surface area contributed by atoms with Gasteiger partial charge in [-0.15, -0.1) is 0 Å². The molecule has 152 valence electrons. The molecule has 3 amide bonds. The van der Waals surface area contributed by atoms with Crippen LogP contribution in [0.1, 0.15) is 23.0 Å². The maximum Gasteiger partial charge on any atom is 0.323 e. The summed E-state index contributed by atoms with van der Waals surface area (Å²) in [6.07, 6.45) is 3.05. The molecule has 2 heterocycles. The van der Waals surface area contributed by atoms with Gasteiger partial charge in [0.15, 0.2) is 0 Å². The van der Waals surface area contributed by atoms with Crippen LogP contribution in [0.5, 0.6) is 0 Å². The number of nitrogens with one attached hydrogen (secondary N) is 1. The number of hydrogen-bond donors (Lipinski definition) is 4. The molecular weight excluding hydrogens is 377 g/mol. The lowest BCUT2D eigenvalue weighted by Crippen LogP contribution is -2.45. The van der Waals surface area contributed by atoms with Crippen LogP contribution in [0.25, 0.3) is 11.3 Å². The molecule has 0 saturated heterocycles. The first-order valence-electron chi connectivity index (χ1n) is 8.87. The third-order valence-corrected chi connectivity index (χ3v) is 4.39. The Hall–Kier alpha value is -3.82. The topological polar surface area (TPSA) is 145 Å². The number of hydrogen-bond acceptors (Lipinski definition) is 5. The summed E-state index contributed by atoms with van der Waals surface area (Å²) >= 11 is 0. The maximum atomic E-state index is 13.6. The number of amides is 3. The largest absolute Gasteiger partial charge is 0.402 e. The van der Waals surface area contributed by atoms with Gasteiger partial charge in [0.1, 0.15) is 17.3 Å². The van der Waals surface area contributed by atoms with Crippen molar-refractivity contribution in [1.29, 1.82) is 0 Å². The molecule has 29 heavy (non-hydrogen) atoms. The highest BCUT2D eigenvalue weighted by atomic mass is 19.1. The van der Waals surface area contributed by atoms with E-state index in [1.807, 2.05) is 0 Å². The van der Waals surface area contributed by atoms with E-state index in [2.05, 4.69) is 10.4 Å². The van der Waals surface area contributed by atoms with Gasteiger partial charge in [-0.2, -0.15) is 5.10 Å². The SMILES string of the molecule is C/C(N)=C/C=C(\N)NC(=O)N1CCn2nc(-c3cccc(F)c3)c(C(N)=O)c2C1. The third kappa shape index (κ3) is 4.37. The van der Waals surface area contributed by atoms with Crippen molar-refractivity contribution in [2.24, 2.45) is 17.2 Å². The Morgan fingerprint density at radius 3 is 2.62 bits per heavy atom. The Labute approximate surface area is 166 Å². The predicted molar refractivity (Wildman–Crippen MR) is 105 cm³/mol. The second-order valence-corrected chi connectivity index (χ2v) is 6.65. The molecule has 7 N–H and O–H groups in total. The molecule has 0 unspecified atom stereocenters. The van der Waals surface area contributed by atoms with E-state index in [0.717, 1.165) is 0 Å². The monoisotopic (exact) mass is 399 g/mol. The number of rotatable bonds is 4. The van der Waals surface area contributed by atoms with Gasteiger partial charge in [0.05, 0.1) is 24.3 Å². The summed E-state index contributed by atoms with van der Waals surface area (Å²) in [6, 6.07) is 5.32. The normalized spacial score (nSPS) is 14.5. The zero-order valence-corrected chi connectivity index (χ0v) is 15.9. The molecule has 1 aromatic heterocycles. The summed E-state index contributed by atoms with van der Waals surface area (Å²) in [6.45, 7) is 2.49. The van der Waals surface area contributed by atoms with Crippen LogP contribution in [-0.2, 0) is 13.1 Å². The number of nitrogens with two attached hydrogens (primary N) is 3. The zero-order chi connectivity index (χ0) is 21.1. The van der Waals surface area contributed by atoms with Crippen molar-refractivity contribution in [3.63, 3.8) is 0 Å². The fourth-order valence-corrected chi connectivity index (χ4v) is 3.05. The van der Waals surface area contributed by atoms with Crippen molar-refractivity contribution in [2.45, 2.75) is 20.0 Å². The average molecular weight is 399 g/mol.